The summed E-state index contributed by atoms with van der Waals surface area (Å²) in [6.07, 6.45) is 7.18. The van der Waals surface area contributed by atoms with E-state index in [1.54, 1.807) is 39.3 Å². The fourth-order valence-corrected chi connectivity index (χ4v) is 4.95. The Bertz CT molecular complexity index is 733. The van der Waals surface area contributed by atoms with Crippen molar-refractivity contribution in [1.82, 2.24) is 9.97 Å². The van der Waals surface area contributed by atoms with Crippen molar-refractivity contribution in [1.29, 1.82) is 0 Å². The summed E-state index contributed by atoms with van der Waals surface area (Å²) < 4.78 is 0.978. The first-order valence-electron chi connectivity index (χ1n) is 6.27. The molecule has 0 saturated carbocycles. The van der Waals surface area contributed by atoms with E-state index in [4.69, 9.17) is 12.2 Å². The minimum atomic E-state index is 0.924. The normalized spacial score (nSPS) is 10.6. The van der Waals surface area contributed by atoms with Gasteiger partial charge in [0.25, 0.3) is 0 Å². The minimum Gasteiger partial charge on any atom is -0.261 e. The zero-order valence-corrected chi connectivity index (χ0v) is 13.1. The molecule has 0 amide bonds. The maximum atomic E-state index is 5.47. The van der Waals surface area contributed by atoms with Gasteiger partial charge in [-0.15, -0.1) is 0 Å². The van der Waals surface area contributed by atoms with Gasteiger partial charge in [-0.2, -0.15) is 0 Å². The maximum absolute atomic E-state index is 5.47. The van der Waals surface area contributed by atoms with E-state index in [-0.39, 0.29) is 0 Å². The lowest BCUT2D eigenvalue weighted by molar-refractivity contribution is 0.965. The molecule has 5 heteroatoms. The molecule has 0 bridgehead atoms. The molecule has 2 nitrogen and oxygen atoms in total. The van der Waals surface area contributed by atoms with E-state index >= 15 is 0 Å². The molecule has 3 rings (SSSR count). The summed E-state index contributed by atoms with van der Waals surface area (Å²) >= 11 is 5.47. The Morgan fingerprint density at radius 3 is 2.60 bits per heavy atom. The van der Waals surface area contributed by atoms with E-state index in [0.717, 1.165) is 22.4 Å². The SMILES string of the molecule is S=c1ssc(-c2cnccn2)c1CCc1ccccc1. The van der Waals surface area contributed by atoms with E-state index in [1.807, 2.05) is 6.07 Å². The third-order valence-corrected chi connectivity index (χ3v) is 6.19. The number of rotatable bonds is 4. The Balaban J connectivity index is 1.87. The van der Waals surface area contributed by atoms with Crippen molar-refractivity contribution in [3.05, 3.63) is 63.9 Å². The summed E-state index contributed by atoms with van der Waals surface area (Å²) in [6, 6.07) is 10.5. The van der Waals surface area contributed by atoms with Crippen LogP contribution in [-0.4, -0.2) is 9.97 Å². The smallest absolute Gasteiger partial charge is 0.105 e. The third kappa shape index (κ3) is 3.00. The number of benzene rings is 1. The fourth-order valence-electron chi connectivity index (χ4n) is 2.02. The molecule has 0 spiro atoms. The molecular weight excluding hydrogens is 304 g/mol. The summed E-state index contributed by atoms with van der Waals surface area (Å²) in [5, 5.41) is 0. The summed E-state index contributed by atoms with van der Waals surface area (Å²) in [6.45, 7) is 0. The van der Waals surface area contributed by atoms with Gasteiger partial charge in [0.15, 0.2) is 0 Å². The lowest BCUT2D eigenvalue weighted by atomic mass is 10.1. The third-order valence-electron chi connectivity index (χ3n) is 3.02. The largest absolute Gasteiger partial charge is 0.261 e. The Labute approximate surface area is 130 Å². The standard InChI is InChI=1S/C15H12N2S3/c18-15-12(7-6-11-4-2-1-3-5-11)14(19-20-15)13-10-16-8-9-17-13/h1-5,8-10H,6-7H2. The zero-order chi connectivity index (χ0) is 13.8. The molecule has 0 aliphatic heterocycles. The molecule has 1 aromatic carbocycles. The lowest BCUT2D eigenvalue weighted by Crippen LogP contribution is -1.93. The van der Waals surface area contributed by atoms with Crippen molar-refractivity contribution in [3.63, 3.8) is 0 Å². The summed E-state index contributed by atoms with van der Waals surface area (Å²) in [4.78, 5) is 9.70. The Hall–Kier alpha value is -1.43. The molecule has 0 N–H and O–H groups in total. The first kappa shape index (κ1) is 13.5. The predicted octanol–water partition coefficient (Wildman–Crippen LogP) is 4.78. The number of aryl methyl sites for hydroxylation is 1. The molecule has 0 aliphatic carbocycles. The van der Waals surface area contributed by atoms with Crippen molar-refractivity contribution < 1.29 is 0 Å². The molecule has 2 aromatic heterocycles. The highest BCUT2D eigenvalue weighted by Gasteiger charge is 2.11. The van der Waals surface area contributed by atoms with Crippen LogP contribution in [0.15, 0.2) is 48.9 Å². The van der Waals surface area contributed by atoms with Crippen LogP contribution in [0.5, 0.6) is 0 Å². The van der Waals surface area contributed by atoms with Gasteiger partial charge in [-0.3, -0.25) is 9.97 Å². The number of nitrogens with zero attached hydrogens (tertiary/aromatic N) is 2. The monoisotopic (exact) mass is 316 g/mol. The number of aromatic nitrogens is 2. The van der Waals surface area contributed by atoms with E-state index in [0.29, 0.717) is 0 Å². The van der Waals surface area contributed by atoms with Crippen LogP contribution in [0.1, 0.15) is 11.1 Å². The van der Waals surface area contributed by atoms with Gasteiger partial charge in [-0.25, -0.2) is 0 Å². The van der Waals surface area contributed by atoms with E-state index in [1.165, 1.54) is 16.0 Å². The van der Waals surface area contributed by atoms with Crippen LogP contribution >= 0.6 is 32.9 Å². The second-order valence-electron chi connectivity index (χ2n) is 4.34. The van der Waals surface area contributed by atoms with Gasteiger partial charge in [0.05, 0.1) is 16.8 Å². The van der Waals surface area contributed by atoms with Crippen LogP contribution in [0, 0.1) is 3.82 Å². The van der Waals surface area contributed by atoms with Crippen molar-refractivity contribution in [2.24, 2.45) is 0 Å². The first-order valence-corrected chi connectivity index (χ1v) is 8.83. The van der Waals surface area contributed by atoms with E-state index < -0.39 is 0 Å². The molecule has 0 aliphatic rings. The predicted molar refractivity (Wildman–Crippen MR) is 87.9 cm³/mol. The first-order chi connectivity index (χ1) is 9.84. The quantitative estimate of drug-likeness (QED) is 0.511. The van der Waals surface area contributed by atoms with Gasteiger partial charge in [0.2, 0.25) is 0 Å². The molecule has 0 atom stereocenters. The van der Waals surface area contributed by atoms with Crippen LogP contribution < -0.4 is 0 Å². The van der Waals surface area contributed by atoms with E-state index in [2.05, 4.69) is 34.2 Å². The van der Waals surface area contributed by atoms with Crippen LogP contribution in [-0.2, 0) is 12.8 Å². The topological polar surface area (TPSA) is 25.8 Å². The Kier molecular flexibility index (Phi) is 4.30. The van der Waals surface area contributed by atoms with Gasteiger partial charge >= 0.3 is 0 Å². The average molecular weight is 316 g/mol. The van der Waals surface area contributed by atoms with Gasteiger partial charge < -0.3 is 0 Å². The molecule has 2 heterocycles. The molecule has 0 saturated heterocycles. The molecule has 0 fully saturated rings. The van der Waals surface area contributed by atoms with Gasteiger partial charge in [-0.1, -0.05) is 63.2 Å². The Morgan fingerprint density at radius 1 is 1.00 bits per heavy atom. The van der Waals surface area contributed by atoms with Crippen molar-refractivity contribution in [3.8, 4) is 10.6 Å². The minimum absolute atomic E-state index is 0.924. The summed E-state index contributed by atoms with van der Waals surface area (Å²) in [5.41, 5.74) is 3.50. The van der Waals surface area contributed by atoms with Crippen molar-refractivity contribution in [2.45, 2.75) is 12.8 Å². The highest BCUT2D eigenvalue weighted by molar-refractivity contribution is 7.80. The molecular formula is C15H12N2S3. The second kappa shape index (κ2) is 6.35. The molecule has 100 valence electrons. The summed E-state index contributed by atoms with van der Waals surface area (Å²) in [7, 11) is 3.35. The zero-order valence-electron chi connectivity index (χ0n) is 10.7. The second-order valence-corrected chi connectivity index (χ2v) is 7.15. The lowest BCUT2D eigenvalue weighted by Gasteiger charge is -2.03. The molecule has 0 radical (unpaired) electrons. The van der Waals surface area contributed by atoms with E-state index in [9.17, 15) is 0 Å². The molecule has 3 aromatic rings. The van der Waals surface area contributed by atoms with Gasteiger partial charge in [0, 0.05) is 18.0 Å². The van der Waals surface area contributed by atoms with Crippen LogP contribution in [0.25, 0.3) is 10.6 Å². The number of hydrogen-bond donors (Lipinski definition) is 0. The van der Waals surface area contributed by atoms with Crippen molar-refractivity contribution in [2.75, 3.05) is 0 Å². The highest BCUT2D eigenvalue weighted by atomic mass is 32.9. The molecule has 20 heavy (non-hydrogen) atoms. The molecule has 0 unspecified atom stereocenters. The highest BCUT2D eigenvalue weighted by Crippen LogP contribution is 2.33. The van der Waals surface area contributed by atoms with Crippen LogP contribution in [0.4, 0.5) is 0 Å². The van der Waals surface area contributed by atoms with Crippen LogP contribution in [0.3, 0.4) is 0 Å². The Morgan fingerprint density at radius 2 is 1.85 bits per heavy atom. The fraction of sp³-hybridized carbons (Fsp3) is 0.133. The van der Waals surface area contributed by atoms with Crippen LogP contribution in [0.2, 0.25) is 0 Å². The van der Waals surface area contributed by atoms with Gasteiger partial charge in [0.1, 0.15) is 3.82 Å². The number of hydrogen-bond acceptors (Lipinski definition) is 5. The average Bonchev–Trinajstić information content (AvgIpc) is 2.88. The van der Waals surface area contributed by atoms with Crippen molar-refractivity contribution >= 4 is 32.9 Å². The maximum Gasteiger partial charge on any atom is 0.105 e. The summed E-state index contributed by atoms with van der Waals surface area (Å²) in [5.74, 6) is 0. The van der Waals surface area contributed by atoms with Gasteiger partial charge in [-0.05, 0) is 18.4 Å².